The molecule has 0 bridgehead atoms. The lowest BCUT2D eigenvalue weighted by atomic mass is 10.1. The summed E-state index contributed by atoms with van der Waals surface area (Å²) in [5, 5.41) is 14.8. The molecule has 0 spiro atoms. The standard InChI is InChI=1S/C19H23N3O3S/c1-25-15-3-2-4-16(10-15)26-12-18(23)21-7-8-22-14(11-21)9-17(20-22)19(24)13-5-6-13/h2-4,9-10,13,19,24H,5-8,11-12H2,1H3/t19-/m0/s1. The molecule has 1 aliphatic heterocycles. The van der Waals surface area contributed by atoms with Crippen LogP contribution in [0.15, 0.2) is 35.2 Å². The maximum atomic E-state index is 12.6. The van der Waals surface area contributed by atoms with Gasteiger partial charge >= 0.3 is 0 Å². The molecule has 1 aromatic carbocycles. The number of hydrogen-bond acceptors (Lipinski definition) is 5. The van der Waals surface area contributed by atoms with E-state index in [2.05, 4.69) is 5.10 Å². The van der Waals surface area contributed by atoms with Gasteiger partial charge < -0.3 is 14.7 Å². The molecule has 2 aromatic rings. The molecule has 1 fully saturated rings. The van der Waals surface area contributed by atoms with Crippen LogP contribution in [-0.4, -0.2) is 45.1 Å². The van der Waals surface area contributed by atoms with Gasteiger partial charge in [-0.05, 0) is 43.0 Å². The number of ether oxygens (including phenoxy) is 1. The normalized spacial score (nSPS) is 17.7. The van der Waals surface area contributed by atoms with Crippen LogP contribution in [-0.2, 0) is 17.9 Å². The Morgan fingerprint density at radius 1 is 1.38 bits per heavy atom. The fraction of sp³-hybridized carbons (Fsp3) is 0.474. The SMILES string of the molecule is COc1cccc(SCC(=O)N2CCn3nc([C@@H](O)C4CC4)cc3C2)c1. The molecule has 1 atom stereocenters. The largest absolute Gasteiger partial charge is 0.497 e. The molecule has 0 unspecified atom stereocenters. The first-order chi connectivity index (χ1) is 12.6. The third-order valence-corrected chi connectivity index (χ3v) is 5.92. The zero-order chi connectivity index (χ0) is 18.1. The molecule has 1 N–H and O–H groups in total. The van der Waals surface area contributed by atoms with E-state index in [0.717, 1.165) is 34.9 Å². The van der Waals surface area contributed by atoms with E-state index >= 15 is 0 Å². The van der Waals surface area contributed by atoms with Crippen molar-refractivity contribution in [1.82, 2.24) is 14.7 Å². The Morgan fingerprint density at radius 2 is 2.23 bits per heavy atom. The highest BCUT2D eigenvalue weighted by Crippen LogP contribution is 2.40. The molecule has 138 valence electrons. The smallest absolute Gasteiger partial charge is 0.233 e. The number of methoxy groups -OCH3 is 1. The van der Waals surface area contributed by atoms with Gasteiger partial charge in [-0.3, -0.25) is 9.48 Å². The third kappa shape index (κ3) is 3.73. The van der Waals surface area contributed by atoms with E-state index in [1.165, 1.54) is 11.8 Å². The van der Waals surface area contributed by atoms with E-state index in [1.54, 1.807) is 7.11 Å². The molecule has 2 aliphatic rings. The van der Waals surface area contributed by atoms with Crippen LogP contribution in [0.5, 0.6) is 5.75 Å². The first-order valence-corrected chi connectivity index (χ1v) is 9.92. The second-order valence-corrected chi connectivity index (χ2v) is 7.90. The molecule has 2 heterocycles. The summed E-state index contributed by atoms with van der Waals surface area (Å²) in [6.45, 7) is 1.90. The summed E-state index contributed by atoms with van der Waals surface area (Å²) in [7, 11) is 1.64. The van der Waals surface area contributed by atoms with Gasteiger partial charge in [0.25, 0.3) is 0 Å². The molecular weight excluding hydrogens is 350 g/mol. The zero-order valence-corrected chi connectivity index (χ0v) is 15.6. The average Bonchev–Trinajstić information content (AvgIpc) is 3.43. The Hall–Kier alpha value is -1.99. The van der Waals surface area contributed by atoms with Crippen molar-refractivity contribution in [2.24, 2.45) is 5.92 Å². The molecule has 4 rings (SSSR count). The highest BCUT2D eigenvalue weighted by molar-refractivity contribution is 8.00. The summed E-state index contributed by atoms with van der Waals surface area (Å²) in [6, 6.07) is 9.70. The summed E-state index contributed by atoms with van der Waals surface area (Å²) in [5.41, 5.74) is 1.76. The van der Waals surface area contributed by atoms with Gasteiger partial charge in [-0.1, -0.05) is 6.07 Å². The Labute approximate surface area is 157 Å². The third-order valence-electron chi connectivity index (χ3n) is 4.94. The van der Waals surface area contributed by atoms with Crippen molar-refractivity contribution in [3.05, 3.63) is 41.7 Å². The van der Waals surface area contributed by atoms with E-state index < -0.39 is 6.10 Å². The molecular formula is C19H23N3O3S. The van der Waals surface area contributed by atoms with Crippen LogP contribution >= 0.6 is 11.8 Å². The van der Waals surface area contributed by atoms with Gasteiger partial charge in [-0.25, -0.2) is 0 Å². The van der Waals surface area contributed by atoms with Gasteiger partial charge in [-0.15, -0.1) is 11.8 Å². The molecule has 7 heteroatoms. The van der Waals surface area contributed by atoms with E-state index in [1.807, 2.05) is 39.9 Å². The van der Waals surface area contributed by atoms with Crippen LogP contribution in [0.3, 0.4) is 0 Å². The van der Waals surface area contributed by atoms with E-state index in [4.69, 9.17) is 4.74 Å². The molecule has 1 aliphatic carbocycles. The van der Waals surface area contributed by atoms with Gasteiger partial charge in [0.05, 0.1) is 37.3 Å². The van der Waals surface area contributed by atoms with Crippen LogP contribution in [0.4, 0.5) is 0 Å². The minimum atomic E-state index is -0.458. The summed E-state index contributed by atoms with van der Waals surface area (Å²) in [6.07, 6.45) is 1.70. The number of carbonyl (C=O) groups excluding carboxylic acids is 1. The number of rotatable bonds is 6. The summed E-state index contributed by atoms with van der Waals surface area (Å²) < 4.78 is 7.15. The monoisotopic (exact) mass is 373 g/mol. The number of nitrogens with zero attached hydrogens (tertiary/aromatic N) is 3. The minimum Gasteiger partial charge on any atom is -0.497 e. The van der Waals surface area contributed by atoms with Crippen LogP contribution in [0.1, 0.15) is 30.3 Å². The Morgan fingerprint density at radius 3 is 3.00 bits per heavy atom. The maximum absolute atomic E-state index is 12.6. The second-order valence-electron chi connectivity index (χ2n) is 6.85. The zero-order valence-electron chi connectivity index (χ0n) is 14.8. The number of benzene rings is 1. The molecule has 1 aromatic heterocycles. The summed E-state index contributed by atoms with van der Waals surface area (Å²) in [4.78, 5) is 15.5. The Balaban J connectivity index is 1.36. The number of carbonyl (C=O) groups is 1. The van der Waals surface area contributed by atoms with Crippen molar-refractivity contribution >= 4 is 17.7 Å². The summed E-state index contributed by atoms with van der Waals surface area (Å²) >= 11 is 1.52. The highest BCUT2D eigenvalue weighted by atomic mass is 32.2. The molecule has 26 heavy (non-hydrogen) atoms. The Bertz CT molecular complexity index is 803. The number of amides is 1. The molecule has 0 saturated heterocycles. The van der Waals surface area contributed by atoms with Gasteiger partial charge in [0.15, 0.2) is 0 Å². The number of thioether (sulfide) groups is 1. The van der Waals surface area contributed by atoms with Crippen molar-refractivity contribution in [3.8, 4) is 5.75 Å². The van der Waals surface area contributed by atoms with Gasteiger partial charge in [-0.2, -0.15) is 5.10 Å². The lowest BCUT2D eigenvalue weighted by Gasteiger charge is -2.27. The van der Waals surface area contributed by atoms with Crippen LogP contribution in [0.25, 0.3) is 0 Å². The van der Waals surface area contributed by atoms with Gasteiger partial charge in [0.2, 0.25) is 5.91 Å². The number of fused-ring (bicyclic) bond motifs is 1. The first-order valence-electron chi connectivity index (χ1n) is 8.93. The first kappa shape index (κ1) is 17.4. The van der Waals surface area contributed by atoms with Gasteiger partial charge in [0, 0.05) is 11.4 Å². The predicted molar refractivity (Wildman–Crippen MR) is 99.0 cm³/mol. The predicted octanol–water partition coefficient (Wildman–Crippen LogP) is 2.47. The fourth-order valence-electron chi connectivity index (χ4n) is 3.23. The number of aromatic nitrogens is 2. The maximum Gasteiger partial charge on any atom is 0.233 e. The summed E-state index contributed by atoms with van der Waals surface area (Å²) in [5.74, 6) is 1.68. The van der Waals surface area contributed by atoms with Crippen molar-refractivity contribution in [1.29, 1.82) is 0 Å². The van der Waals surface area contributed by atoms with Crippen LogP contribution < -0.4 is 4.74 Å². The van der Waals surface area contributed by atoms with Crippen molar-refractivity contribution in [2.45, 2.75) is 36.9 Å². The van der Waals surface area contributed by atoms with Crippen molar-refractivity contribution in [3.63, 3.8) is 0 Å². The minimum absolute atomic E-state index is 0.120. The van der Waals surface area contributed by atoms with E-state index in [-0.39, 0.29) is 5.91 Å². The van der Waals surface area contributed by atoms with E-state index in [9.17, 15) is 9.90 Å². The second kappa shape index (κ2) is 7.32. The number of hydrogen-bond donors (Lipinski definition) is 1. The lowest BCUT2D eigenvalue weighted by Crippen LogP contribution is -2.39. The Kier molecular flexibility index (Phi) is 4.91. The highest BCUT2D eigenvalue weighted by Gasteiger charge is 2.33. The molecule has 6 nitrogen and oxygen atoms in total. The molecule has 1 saturated carbocycles. The van der Waals surface area contributed by atoms with Crippen molar-refractivity contribution in [2.75, 3.05) is 19.4 Å². The van der Waals surface area contributed by atoms with Crippen LogP contribution in [0.2, 0.25) is 0 Å². The topological polar surface area (TPSA) is 67.6 Å². The quantitative estimate of drug-likeness (QED) is 0.788. The van der Waals surface area contributed by atoms with Gasteiger partial charge in [0.1, 0.15) is 11.9 Å². The average molecular weight is 373 g/mol. The van der Waals surface area contributed by atoms with E-state index in [0.29, 0.717) is 31.3 Å². The fourth-order valence-corrected chi connectivity index (χ4v) is 4.07. The molecule has 0 radical (unpaired) electrons. The number of aliphatic hydroxyl groups is 1. The lowest BCUT2D eigenvalue weighted by molar-refractivity contribution is -0.129. The molecule has 1 amide bonds. The number of aliphatic hydroxyl groups excluding tert-OH is 1. The van der Waals surface area contributed by atoms with Crippen LogP contribution in [0, 0.1) is 5.92 Å². The van der Waals surface area contributed by atoms with Crippen molar-refractivity contribution < 1.29 is 14.6 Å².